The third-order valence-electron chi connectivity index (χ3n) is 1.95. The van der Waals surface area contributed by atoms with Crippen molar-refractivity contribution < 1.29 is 14.7 Å². The first-order chi connectivity index (χ1) is 8.90. The van der Waals surface area contributed by atoms with Gasteiger partial charge in [0.1, 0.15) is 18.3 Å². The number of anilines is 2. The van der Waals surface area contributed by atoms with Crippen LogP contribution in [0.4, 0.5) is 11.4 Å². The van der Waals surface area contributed by atoms with Gasteiger partial charge >= 0.3 is 5.97 Å². The second kappa shape index (κ2) is 8.53. The van der Waals surface area contributed by atoms with E-state index in [-0.39, 0.29) is 12.2 Å². The molecular weight excluding hydrogens is 246 g/mol. The van der Waals surface area contributed by atoms with Crippen molar-refractivity contribution in [1.82, 2.24) is 0 Å². The van der Waals surface area contributed by atoms with E-state index in [1.165, 1.54) is 6.92 Å². The summed E-state index contributed by atoms with van der Waals surface area (Å²) >= 11 is 0. The van der Waals surface area contributed by atoms with Crippen molar-refractivity contribution in [1.29, 1.82) is 5.26 Å². The van der Waals surface area contributed by atoms with Crippen molar-refractivity contribution in [3.8, 4) is 6.07 Å². The second-order valence-electron chi connectivity index (χ2n) is 3.72. The van der Waals surface area contributed by atoms with Crippen LogP contribution in [0.3, 0.4) is 0 Å². The van der Waals surface area contributed by atoms with Gasteiger partial charge in [-0.1, -0.05) is 0 Å². The van der Waals surface area contributed by atoms with Crippen molar-refractivity contribution in [3.05, 3.63) is 23.8 Å². The summed E-state index contributed by atoms with van der Waals surface area (Å²) in [6.07, 6.45) is -0.361. The summed E-state index contributed by atoms with van der Waals surface area (Å²) < 4.78 is 0. The number of Topliss-reactive ketones (excluding diaryl/α,β-unsaturated/α-hetero) is 1. The molecule has 0 aliphatic heterocycles. The molecule has 0 saturated carbocycles. The molecule has 6 heteroatoms. The van der Waals surface area contributed by atoms with Crippen molar-refractivity contribution in [2.24, 2.45) is 0 Å². The van der Waals surface area contributed by atoms with E-state index < -0.39 is 5.97 Å². The van der Waals surface area contributed by atoms with Crippen LogP contribution in [-0.2, 0) is 9.59 Å². The molecule has 0 saturated heterocycles. The van der Waals surface area contributed by atoms with Gasteiger partial charge in [0.15, 0.2) is 0 Å². The van der Waals surface area contributed by atoms with E-state index >= 15 is 0 Å². The lowest BCUT2D eigenvalue weighted by atomic mass is 10.2. The molecule has 1 rings (SSSR count). The molecule has 0 fully saturated rings. The van der Waals surface area contributed by atoms with Crippen LogP contribution in [0.2, 0.25) is 0 Å². The van der Waals surface area contributed by atoms with Crippen LogP contribution in [0.5, 0.6) is 0 Å². The molecule has 102 valence electrons. The normalized spacial score (nSPS) is 8.68. The van der Waals surface area contributed by atoms with Crippen molar-refractivity contribution in [2.75, 3.05) is 17.6 Å². The van der Waals surface area contributed by atoms with E-state index in [4.69, 9.17) is 16.1 Å². The lowest BCUT2D eigenvalue weighted by Gasteiger charge is -2.04. The summed E-state index contributed by atoms with van der Waals surface area (Å²) in [4.78, 5) is 19.5. The molecule has 0 amide bonds. The monoisotopic (exact) mass is 263 g/mol. The number of carbonyl (C=O) groups is 2. The lowest BCUT2D eigenvalue weighted by molar-refractivity contribution is -0.139. The van der Waals surface area contributed by atoms with Gasteiger partial charge in [0.05, 0.1) is 11.3 Å². The Balaban J connectivity index is 0.000000399. The summed E-state index contributed by atoms with van der Waals surface area (Å²) in [5, 5.41) is 19.6. The maximum Gasteiger partial charge on any atom is 0.310 e. The Labute approximate surface area is 111 Å². The number of nitrogen functional groups attached to an aromatic ring is 1. The van der Waals surface area contributed by atoms with E-state index in [2.05, 4.69) is 5.32 Å². The largest absolute Gasteiger partial charge is 0.481 e. The Morgan fingerprint density at radius 1 is 1.47 bits per heavy atom. The fourth-order valence-electron chi connectivity index (χ4n) is 1.19. The zero-order valence-corrected chi connectivity index (χ0v) is 10.9. The number of carboxylic acids is 1. The molecule has 1 aromatic rings. The zero-order valence-electron chi connectivity index (χ0n) is 10.9. The van der Waals surface area contributed by atoms with Gasteiger partial charge in [0.2, 0.25) is 0 Å². The zero-order chi connectivity index (χ0) is 14.8. The lowest BCUT2D eigenvalue weighted by Crippen LogP contribution is -2.00. The van der Waals surface area contributed by atoms with Gasteiger partial charge < -0.3 is 16.2 Å². The minimum Gasteiger partial charge on any atom is -0.481 e. The molecule has 6 nitrogen and oxygen atoms in total. The third-order valence-corrected chi connectivity index (χ3v) is 1.95. The van der Waals surface area contributed by atoms with Gasteiger partial charge in [-0.2, -0.15) is 5.26 Å². The molecule has 0 bridgehead atoms. The molecule has 0 aliphatic carbocycles. The quantitative estimate of drug-likeness (QED) is 0.561. The van der Waals surface area contributed by atoms with Crippen molar-refractivity contribution >= 4 is 23.1 Å². The molecule has 0 radical (unpaired) electrons. The predicted molar refractivity (Wildman–Crippen MR) is 72.7 cm³/mol. The fraction of sp³-hybridized carbons (Fsp3) is 0.308. The topological polar surface area (TPSA) is 116 Å². The Kier molecular flexibility index (Phi) is 7.38. The van der Waals surface area contributed by atoms with Crippen molar-refractivity contribution in [3.63, 3.8) is 0 Å². The number of aliphatic carboxylic acids is 1. The predicted octanol–water partition coefficient (Wildman–Crippen LogP) is 1.62. The van der Waals surface area contributed by atoms with Crippen LogP contribution < -0.4 is 11.1 Å². The summed E-state index contributed by atoms with van der Waals surface area (Å²) in [6, 6.07) is 7.34. The molecule has 0 heterocycles. The Hall–Kier alpha value is -2.55. The first-order valence-electron chi connectivity index (χ1n) is 5.65. The van der Waals surface area contributed by atoms with Gasteiger partial charge in [-0.3, -0.25) is 9.59 Å². The van der Waals surface area contributed by atoms with Crippen molar-refractivity contribution in [2.45, 2.75) is 20.3 Å². The number of nitrogens with zero attached hydrogens (tertiary/aromatic N) is 1. The highest BCUT2D eigenvalue weighted by atomic mass is 16.4. The van der Waals surface area contributed by atoms with E-state index in [1.807, 2.05) is 19.1 Å². The van der Waals surface area contributed by atoms with Gasteiger partial charge in [-0.25, -0.2) is 0 Å². The first kappa shape index (κ1) is 16.4. The van der Waals surface area contributed by atoms with Crippen LogP contribution in [0, 0.1) is 11.3 Å². The summed E-state index contributed by atoms with van der Waals surface area (Å²) in [5.41, 5.74) is 7.60. The minimum absolute atomic E-state index is 0.312. The standard InChI is InChI=1S/C9H11N3.C4H6O3/c1-2-12-8-4-3-7(6-10)9(11)5-8;1-3(5)2-4(6)7/h3-5,12H,2,11H2,1H3;2H2,1H3,(H,6,7). The average molecular weight is 263 g/mol. The highest BCUT2D eigenvalue weighted by molar-refractivity contribution is 5.93. The number of carbonyl (C=O) groups excluding carboxylic acids is 1. The highest BCUT2D eigenvalue weighted by Gasteiger charge is 1.98. The number of nitrogens with one attached hydrogen (secondary N) is 1. The van der Waals surface area contributed by atoms with Crippen LogP contribution in [-0.4, -0.2) is 23.4 Å². The van der Waals surface area contributed by atoms with Gasteiger partial charge in [-0.15, -0.1) is 0 Å². The molecule has 0 aliphatic rings. The molecule has 4 N–H and O–H groups in total. The van der Waals surface area contributed by atoms with Gasteiger partial charge in [0.25, 0.3) is 0 Å². The fourth-order valence-corrected chi connectivity index (χ4v) is 1.19. The molecule has 0 atom stereocenters. The molecule has 1 aromatic carbocycles. The van der Waals surface area contributed by atoms with Gasteiger partial charge in [0, 0.05) is 12.2 Å². The molecule has 0 spiro atoms. The molecule has 19 heavy (non-hydrogen) atoms. The molecule has 0 unspecified atom stereocenters. The Bertz CT molecular complexity index is 480. The summed E-state index contributed by atoms with van der Waals surface area (Å²) in [6.45, 7) is 4.11. The Morgan fingerprint density at radius 2 is 2.11 bits per heavy atom. The first-order valence-corrected chi connectivity index (χ1v) is 5.65. The minimum atomic E-state index is -1.06. The summed E-state index contributed by atoms with van der Waals surface area (Å²) in [5.74, 6) is -1.37. The Morgan fingerprint density at radius 3 is 2.42 bits per heavy atom. The third kappa shape index (κ3) is 7.39. The average Bonchev–Trinajstić information content (AvgIpc) is 2.28. The highest BCUT2D eigenvalue weighted by Crippen LogP contribution is 2.16. The molecular formula is C13H17N3O3. The van der Waals surface area contributed by atoms with Crippen LogP contribution in [0.1, 0.15) is 25.8 Å². The number of ketones is 1. The van der Waals surface area contributed by atoms with E-state index in [1.54, 1.807) is 12.1 Å². The number of nitrogens with two attached hydrogens (primary N) is 1. The number of nitriles is 1. The number of benzene rings is 1. The maximum atomic E-state index is 9.87. The number of rotatable bonds is 4. The van der Waals surface area contributed by atoms with Crippen LogP contribution in [0.15, 0.2) is 18.2 Å². The number of hydrogen-bond donors (Lipinski definition) is 3. The van der Waals surface area contributed by atoms with E-state index in [0.29, 0.717) is 11.3 Å². The second-order valence-corrected chi connectivity index (χ2v) is 3.72. The smallest absolute Gasteiger partial charge is 0.310 e. The number of hydrogen-bond acceptors (Lipinski definition) is 5. The van der Waals surface area contributed by atoms with E-state index in [9.17, 15) is 9.59 Å². The molecule has 0 aromatic heterocycles. The maximum absolute atomic E-state index is 9.87. The SMILES string of the molecule is CC(=O)CC(=O)O.CCNc1ccc(C#N)c(N)c1. The van der Waals surface area contributed by atoms with E-state index in [0.717, 1.165) is 12.2 Å². The van der Waals surface area contributed by atoms with Crippen LogP contribution >= 0.6 is 0 Å². The van der Waals surface area contributed by atoms with Crippen LogP contribution in [0.25, 0.3) is 0 Å². The number of carboxylic acid groups (broad SMARTS) is 1. The van der Waals surface area contributed by atoms with Gasteiger partial charge in [-0.05, 0) is 32.0 Å². The summed E-state index contributed by atoms with van der Waals surface area (Å²) in [7, 11) is 0.